The highest BCUT2D eigenvalue weighted by atomic mass is 16.8. The number of rotatable bonds is 7. The number of ether oxygens (including phenoxy) is 5. The highest BCUT2D eigenvalue weighted by Crippen LogP contribution is 2.32. The molecule has 3 heterocycles. The first kappa shape index (κ1) is 27.9. The average molecular weight is 504 g/mol. The van der Waals surface area contributed by atoms with Crippen molar-refractivity contribution in [2.24, 2.45) is 0 Å². The van der Waals surface area contributed by atoms with Gasteiger partial charge in [0, 0.05) is 0 Å². The van der Waals surface area contributed by atoms with Gasteiger partial charge in [0.05, 0.1) is 19.8 Å². The Morgan fingerprint density at radius 2 is 0.853 bits per heavy atom. The molecule has 0 aromatic rings. The summed E-state index contributed by atoms with van der Waals surface area (Å²) in [7, 11) is 0. The van der Waals surface area contributed by atoms with Crippen LogP contribution in [0.25, 0.3) is 0 Å². The van der Waals surface area contributed by atoms with E-state index < -0.39 is 112 Å². The predicted molar refractivity (Wildman–Crippen MR) is 101 cm³/mol. The van der Waals surface area contributed by atoms with Crippen molar-refractivity contribution in [3.8, 4) is 0 Å². The molecule has 15 atom stereocenters. The molecular weight excluding hydrogens is 472 g/mol. The summed E-state index contributed by atoms with van der Waals surface area (Å²) in [5, 5.41) is 109. The molecule has 0 aromatic heterocycles. The Morgan fingerprint density at radius 3 is 1.35 bits per heavy atom. The second-order valence-corrected chi connectivity index (χ2v) is 8.33. The Morgan fingerprint density at radius 1 is 0.441 bits per heavy atom. The summed E-state index contributed by atoms with van der Waals surface area (Å²) in [6, 6.07) is 0. The molecule has 200 valence electrons. The molecule has 34 heavy (non-hydrogen) atoms. The van der Waals surface area contributed by atoms with Crippen LogP contribution in [0.2, 0.25) is 0 Å². The van der Waals surface area contributed by atoms with Crippen LogP contribution in [0.4, 0.5) is 0 Å². The first-order valence-electron chi connectivity index (χ1n) is 10.6. The van der Waals surface area contributed by atoms with Crippen molar-refractivity contribution in [1.29, 1.82) is 0 Å². The number of aliphatic hydroxyl groups excluding tert-OH is 11. The van der Waals surface area contributed by atoms with Crippen LogP contribution in [0, 0.1) is 0 Å². The molecule has 0 aromatic carbocycles. The van der Waals surface area contributed by atoms with Gasteiger partial charge in [0.25, 0.3) is 0 Å². The quantitative estimate of drug-likeness (QED) is 0.154. The largest absolute Gasteiger partial charge is 0.394 e. The Balaban J connectivity index is 1.72. The zero-order chi connectivity index (χ0) is 25.3. The standard InChI is InChI=1S/C18H32O16/c19-1-4-7(22)8(23)12(27)17(31-4)34-15-6(3-21)32-18(13(28)10(15)25)33-14-5(2-20)30-16(29)11(26)9(14)24/h4-29H,1-3H2/t4-,5-,6-,7+,8+,9-,10-,11-,12-,13-,14?,15+,16?,17+,18+/m1/s1. The van der Waals surface area contributed by atoms with Gasteiger partial charge in [-0.25, -0.2) is 0 Å². The molecule has 0 spiro atoms. The summed E-state index contributed by atoms with van der Waals surface area (Å²) in [6.07, 6.45) is -25.1. The van der Waals surface area contributed by atoms with Crippen LogP contribution in [0.3, 0.4) is 0 Å². The molecule has 16 heteroatoms. The first-order chi connectivity index (χ1) is 16.0. The third kappa shape index (κ3) is 5.37. The summed E-state index contributed by atoms with van der Waals surface area (Å²) in [5.74, 6) is 0. The lowest BCUT2D eigenvalue weighted by molar-refractivity contribution is -0.377. The molecule has 3 saturated heterocycles. The highest BCUT2D eigenvalue weighted by Gasteiger charge is 2.53. The van der Waals surface area contributed by atoms with Gasteiger partial charge in [0.2, 0.25) is 0 Å². The van der Waals surface area contributed by atoms with Gasteiger partial charge in [0.15, 0.2) is 18.9 Å². The van der Waals surface area contributed by atoms with Crippen LogP contribution in [0.15, 0.2) is 0 Å². The molecule has 16 nitrogen and oxygen atoms in total. The van der Waals surface area contributed by atoms with Crippen LogP contribution in [-0.2, 0) is 23.7 Å². The minimum atomic E-state index is -1.91. The summed E-state index contributed by atoms with van der Waals surface area (Å²) >= 11 is 0. The maximum absolute atomic E-state index is 10.6. The molecule has 0 saturated carbocycles. The minimum Gasteiger partial charge on any atom is -0.394 e. The van der Waals surface area contributed by atoms with E-state index in [0.717, 1.165) is 0 Å². The van der Waals surface area contributed by atoms with E-state index in [-0.39, 0.29) is 0 Å². The topological polar surface area (TPSA) is 269 Å². The molecule has 11 N–H and O–H groups in total. The molecule has 3 fully saturated rings. The van der Waals surface area contributed by atoms with E-state index in [2.05, 4.69) is 0 Å². The van der Waals surface area contributed by atoms with Crippen LogP contribution in [0.5, 0.6) is 0 Å². The fourth-order valence-corrected chi connectivity index (χ4v) is 4.06. The van der Waals surface area contributed by atoms with E-state index in [1.807, 2.05) is 0 Å². The molecule has 0 bridgehead atoms. The number of hydrogen-bond donors (Lipinski definition) is 11. The molecule has 2 unspecified atom stereocenters. The second kappa shape index (κ2) is 11.6. The monoisotopic (exact) mass is 504 g/mol. The fraction of sp³-hybridized carbons (Fsp3) is 1.00. The Labute approximate surface area is 192 Å². The van der Waals surface area contributed by atoms with Crippen molar-refractivity contribution < 1.29 is 79.9 Å². The van der Waals surface area contributed by atoms with Crippen molar-refractivity contribution in [3.63, 3.8) is 0 Å². The Bertz CT molecular complexity index is 635. The van der Waals surface area contributed by atoms with Gasteiger partial charge in [-0.3, -0.25) is 0 Å². The molecule has 3 rings (SSSR count). The van der Waals surface area contributed by atoms with E-state index in [9.17, 15) is 56.2 Å². The SMILES string of the molecule is OC[C@H]1OC(O)[C@H](O)[C@@H](O)C1O[C@@H]1O[C@H](CO)[C@H](O[C@@H]2O[C@H](CO)[C@H](O)[C@H](O)[C@H]2O)[C@H](O)[C@H]1O. The maximum Gasteiger partial charge on any atom is 0.187 e. The Kier molecular flexibility index (Phi) is 9.54. The molecule has 0 amide bonds. The van der Waals surface area contributed by atoms with E-state index >= 15 is 0 Å². The van der Waals surface area contributed by atoms with Gasteiger partial charge < -0.3 is 79.9 Å². The molecule has 3 aliphatic heterocycles. The lowest BCUT2D eigenvalue weighted by atomic mass is 9.96. The van der Waals surface area contributed by atoms with Gasteiger partial charge in [-0.1, -0.05) is 0 Å². The van der Waals surface area contributed by atoms with E-state index in [4.69, 9.17) is 23.7 Å². The summed E-state index contributed by atoms with van der Waals surface area (Å²) in [5.41, 5.74) is 0. The zero-order valence-electron chi connectivity index (χ0n) is 17.7. The van der Waals surface area contributed by atoms with Crippen LogP contribution < -0.4 is 0 Å². The second-order valence-electron chi connectivity index (χ2n) is 8.33. The number of hydrogen-bond acceptors (Lipinski definition) is 16. The minimum absolute atomic E-state index is 0.741. The van der Waals surface area contributed by atoms with Crippen LogP contribution >= 0.6 is 0 Å². The lowest BCUT2D eigenvalue weighted by Crippen LogP contribution is -2.66. The third-order valence-corrected chi connectivity index (χ3v) is 6.09. The lowest BCUT2D eigenvalue weighted by Gasteiger charge is -2.47. The van der Waals surface area contributed by atoms with E-state index in [0.29, 0.717) is 0 Å². The highest BCUT2D eigenvalue weighted by molar-refractivity contribution is 4.96. The third-order valence-electron chi connectivity index (χ3n) is 6.09. The smallest absolute Gasteiger partial charge is 0.187 e. The number of aliphatic hydroxyl groups is 11. The van der Waals surface area contributed by atoms with Crippen molar-refractivity contribution in [2.45, 2.75) is 92.1 Å². The van der Waals surface area contributed by atoms with Gasteiger partial charge in [-0.05, 0) is 0 Å². The zero-order valence-corrected chi connectivity index (χ0v) is 17.7. The molecule has 0 aliphatic carbocycles. The van der Waals surface area contributed by atoms with Crippen LogP contribution in [-0.4, -0.2) is 168 Å². The summed E-state index contributed by atoms with van der Waals surface area (Å²) in [4.78, 5) is 0. The van der Waals surface area contributed by atoms with Crippen molar-refractivity contribution in [3.05, 3.63) is 0 Å². The average Bonchev–Trinajstić information content (AvgIpc) is 2.83. The van der Waals surface area contributed by atoms with Gasteiger partial charge in [-0.2, -0.15) is 0 Å². The van der Waals surface area contributed by atoms with Gasteiger partial charge >= 0.3 is 0 Å². The maximum atomic E-state index is 10.6. The van der Waals surface area contributed by atoms with E-state index in [1.165, 1.54) is 0 Å². The van der Waals surface area contributed by atoms with Crippen molar-refractivity contribution in [2.75, 3.05) is 19.8 Å². The van der Waals surface area contributed by atoms with Gasteiger partial charge in [0.1, 0.15) is 73.2 Å². The van der Waals surface area contributed by atoms with Crippen LogP contribution in [0.1, 0.15) is 0 Å². The van der Waals surface area contributed by atoms with E-state index in [1.54, 1.807) is 0 Å². The molecule has 0 radical (unpaired) electrons. The van der Waals surface area contributed by atoms with Crippen molar-refractivity contribution in [1.82, 2.24) is 0 Å². The summed E-state index contributed by atoms with van der Waals surface area (Å²) < 4.78 is 26.4. The Hall–Kier alpha value is -0.640. The molecular formula is C18H32O16. The first-order valence-corrected chi connectivity index (χ1v) is 10.6. The summed E-state index contributed by atoms with van der Waals surface area (Å²) in [6.45, 7) is -2.32. The van der Waals surface area contributed by atoms with Gasteiger partial charge in [-0.15, -0.1) is 0 Å². The fourth-order valence-electron chi connectivity index (χ4n) is 4.06. The predicted octanol–water partition coefficient (Wildman–Crippen LogP) is -7.57. The van der Waals surface area contributed by atoms with Crippen molar-refractivity contribution >= 4 is 0 Å². The normalized spacial score (nSPS) is 52.5. The molecule has 3 aliphatic rings.